The zero-order valence-electron chi connectivity index (χ0n) is 13.5. The number of nitrogens with one attached hydrogen (secondary N) is 3. The van der Waals surface area contributed by atoms with Crippen LogP contribution in [-0.4, -0.2) is 54.9 Å². The first-order chi connectivity index (χ1) is 11.1. The molecular weight excluding hydrogens is 369 g/mol. The van der Waals surface area contributed by atoms with Gasteiger partial charge in [0.1, 0.15) is 11.7 Å². The summed E-state index contributed by atoms with van der Waals surface area (Å²) in [5.74, 6) is -1.18. The molecule has 2 aliphatic rings. The van der Waals surface area contributed by atoms with Crippen molar-refractivity contribution >= 4 is 48.2 Å². The van der Waals surface area contributed by atoms with Crippen LogP contribution in [0.1, 0.15) is 23.3 Å². The van der Waals surface area contributed by atoms with E-state index < -0.39 is 17.9 Å². The van der Waals surface area contributed by atoms with Gasteiger partial charge in [-0.2, -0.15) is 0 Å². The number of hydrogen-bond acceptors (Lipinski definition) is 6. The molecule has 0 saturated carbocycles. The van der Waals surface area contributed by atoms with Crippen molar-refractivity contribution in [3.63, 3.8) is 0 Å². The molecule has 25 heavy (non-hydrogen) atoms. The molecule has 0 spiro atoms. The summed E-state index contributed by atoms with van der Waals surface area (Å²) in [5.41, 5.74) is 1.23. The number of imide groups is 1. The fraction of sp³-hybridized carbons (Fsp3) is 0.467. The molecule has 3 heterocycles. The monoisotopic (exact) mass is 389 g/mol. The van der Waals surface area contributed by atoms with Crippen molar-refractivity contribution in [3.05, 3.63) is 24.0 Å². The minimum Gasteiger partial charge on any atom is -0.368 e. The average Bonchev–Trinajstić information content (AvgIpc) is 2.58. The molecule has 3 N–H and O–H groups in total. The van der Waals surface area contributed by atoms with Gasteiger partial charge in [-0.05, 0) is 18.6 Å². The quantitative estimate of drug-likeness (QED) is 0.622. The van der Waals surface area contributed by atoms with Gasteiger partial charge in [-0.25, -0.2) is 4.98 Å². The SMILES string of the molecule is Cl.Cl.O=C1CCC(NC(=O)c2ccc(N3CCNCC3)cn2)C(=O)N1. The third-order valence-corrected chi connectivity index (χ3v) is 4.01. The Labute approximate surface area is 157 Å². The Morgan fingerprint density at radius 3 is 2.52 bits per heavy atom. The first-order valence-electron chi connectivity index (χ1n) is 7.70. The van der Waals surface area contributed by atoms with E-state index in [1.54, 1.807) is 12.3 Å². The number of pyridine rings is 1. The Morgan fingerprint density at radius 1 is 1.20 bits per heavy atom. The summed E-state index contributed by atoms with van der Waals surface area (Å²) >= 11 is 0. The number of nitrogens with zero attached hydrogens (tertiary/aromatic N) is 2. The lowest BCUT2D eigenvalue weighted by Crippen LogP contribution is -2.52. The smallest absolute Gasteiger partial charge is 0.270 e. The maximum Gasteiger partial charge on any atom is 0.270 e. The molecule has 3 rings (SSSR count). The molecule has 138 valence electrons. The number of anilines is 1. The van der Waals surface area contributed by atoms with Gasteiger partial charge in [-0.15, -0.1) is 24.8 Å². The van der Waals surface area contributed by atoms with Gasteiger partial charge in [0.05, 0.1) is 11.9 Å². The molecule has 0 radical (unpaired) electrons. The lowest BCUT2D eigenvalue weighted by atomic mass is 10.1. The zero-order valence-corrected chi connectivity index (χ0v) is 15.1. The molecule has 2 fully saturated rings. The Balaban J connectivity index is 0.00000156. The number of piperazine rings is 1. The van der Waals surface area contributed by atoms with Crippen LogP contribution in [0.2, 0.25) is 0 Å². The molecule has 1 unspecified atom stereocenters. The summed E-state index contributed by atoms with van der Waals surface area (Å²) in [7, 11) is 0. The summed E-state index contributed by atoms with van der Waals surface area (Å²) in [5, 5.41) is 8.11. The number of carbonyl (C=O) groups excluding carboxylic acids is 3. The molecule has 8 nitrogen and oxygen atoms in total. The van der Waals surface area contributed by atoms with E-state index in [1.165, 1.54) is 0 Å². The van der Waals surface area contributed by atoms with Crippen LogP contribution in [-0.2, 0) is 9.59 Å². The first-order valence-corrected chi connectivity index (χ1v) is 7.70. The van der Waals surface area contributed by atoms with Gasteiger partial charge in [0.25, 0.3) is 5.91 Å². The lowest BCUT2D eigenvalue weighted by Gasteiger charge is -2.29. The van der Waals surface area contributed by atoms with Crippen LogP contribution >= 0.6 is 24.8 Å². The number of halogens is 2. The molecule has 1 aromatic rings. The Bertz CT molecular complexity index is 620. The van der Waals surface area contributed by atoms with Crippen molar-refractivity contribution in [2.24, 2.45) is 0 Å². The van der Waals surface area contributed by atoms with Crippen LogP contribution in [0, 0.1) is 0 Å². The largest absolute Gasteiger partial charge is 0.368 e. The van der Waals surface area contributed by atoms with Crippen molar-refractivity contribution in [1.82, 2.24) is 20.9 Å². The minimum atomic E-state index is -0.685. The average molecular weight is 390 g/mol. The maximum absolute atomic E-state index is 12.2. The number of hydrogen-bond donors (Lipinski definition) is 3. The second kappa shape index (κ2) is 9.55. The molecule has 0 bridgehead atoms. The molecular formula is C15H21Cl2N5O3. The fourth-order valence-electron chi connectivity index (χ4n) is 2.69. The van der Waals surface area contributed by atoms with E-state index >= 15 is 0 Å². The molecule has 2 aliphatic heterocycles. The minimum absolute atomic E-state index is 0. The highest BCUT2D eigenvalue weighted by atomic mass is 35.5. The summed E-state index contributed by atoms with van der Waals surface area (Å²) in [6.07, 6.45) is 2.21. The van der Waals surface area contributed by atoms with Crippen molar-refractivity contribution in [1.29, 1.82) is 0 Å². The highest BCUT2D eigenvalue weighted by Crippen LogP contribution is 2.14. The molecule has 0 aliphatic carbocycles. The van der Waals surface area contributed by atoms with Gasteiger partial charge in [0, 0.05) is 32.6 Å². The van der Waals surface area contributed by atoms with Crippen molar-refractivity contribution in [2.75, 3.05) is 31.1 Å². The Kier molecular flexibility index (Phi) is 8.08. The van der Waals surface area contributed by atoms with Crippen molar-refractivity contribution < 1.29 is 14.4 Å². The van der Waals surface area contributed by atoms with E-state index in [4.69, 9.17) is 0 Å². The zero-order chi connectivity index (χ0) is 16.2. The predicted octanol–water partition coefficient (Wildman–Crippen LogP) is -0.130. The molecule has 1 aromatic heterocycles. The van der Waals surface area contributed by atoms with E-state index in [0.717, 1.165) is 31.9 Å². The maximum atomic E-state index is 12.2. The third-order valence-electron chi connectivity index (χ3n) is 4.01. The second-order valence-electron chi connectivity index (χ2n) is 5.62. The van der Waals surface area contributed by atoms with E-state index in [0.29, 0.717) is 6.42 Å². The number of aromatic nitrogens is 1. The van der Waals surface area contributed by atoms with Crippen LogP contribution in [0.25, 0.3) is 0 Å². The second-order valence-corrected chi connectivity index (χ2v) is 5.62. The van der Waals surface area contributed by atoms with Crippen LogP contribution in [0.5, 0.6) is 0 Å². The summed E-state index contributed by atoms with van der Waals surface area (Å²) < 4.78 is 0. The standard InChI is InChI=1S/C15H19N5O3.2ClH/c21-13-4-3-12(15(23)19-13)18-14(22)11-2-1-10(9-17-11)20-7-5-16-6-8-20;;/h1-2,9,12,16H,3-8H2,(H,18,22)(H,19,21,23);2*1H. The van der Waals surface area contributed by atoms with Gasteiger partial charge in [-0.1, -0.05) is 0 Å². The van der Waals surface area contributed by atoms with Gasteiger partial charge < -0.3 is 15.5 Å². The van der Waals surface area contributed by atoms with Crippen LogP contribution < -0.4 is 20.9 Å². The topological polar surface area (TPSA) is 103 Å². The van der Waals surface area contributed by atoms with Crippen LogP contribution in [0.15, 0.2) is 18.3 Å². The van der Waals surface area contributed by atoms with E-state index in [9.17, 15) is 14.4 Å². The van der Waals surface area contributed by atoms with E-state index in [2.05, 4.69) is 25.8 Å². The van der Waals surface area contributed by atoms with E-state index in [1.807, 2.05) is 6.07 Å². The predicted molar refractivity (Wildman–Crippen MR) is 97.5 cm³/mol. The van der Waals surface area contributed by atoms with Crippen molar-refractivity contribution in [2.45, 2.75) is 18.9 Å². The first kappa shape index (κ1) is 21.1. The fourth-order valence-corrected chi connectivity index (χ4v) is 2.69. The highest BCUT2D eigenvalue weighted by Gasteiger charge is 2.28. The molecule has 3 amide bonds. The summed E-state index contributed by atoms with van der Waals surface area (Å²) in [6.45, 7) is 3.67. The van der Waals surface area contributed by atoms with Crippen LogP contribution in [0.3, 0.4) is 0 Å². The third kappa shape index (κ3) is 5.29. The molecule has 2 saturated heterocycles. The number of carbonyl (C=O) groups is 3. The number of rotatable bonds is 3. The number of piperidine rings is 1. The molecule has 1 atom stereocenters. The van der Waals surface area contributed by atoms with Gasteiger partial charge in [0.15, 0.2) is 0 Å². The van der Waals surface area contributed by atoms with Gasteiger partial charge in [0.2, 0.25) is 11.8 Å². The van der Waals surface area contributed by atoms with Crippen molar-refractivity contribution in [3.8, 4) is 0 Å². The van der Waals surface area contributed by atoms with Crippen LogP contribution in [0.4, 0.5) is 5.69 Å². The molecule has 0 aromatic carbocycles. The highest BCUT2D eigenvalue weighted by molar-refractivity contribution is 6.03. The lowest BCUT2D eigenvalue weighted by molar-refractivity contribution is -0.134. The normalized spacial score (nSPS) is 20.0. The van der Waals surface area contributed by atoms with E-state index in [-0.39, 0.29) is 42.8 Å². The van der Waals surface area contributed by atoms with Gasteiger partial charge in [-0.3, -0.25) is 19.7 Å². The summed E-state index contributed by atoms with van der Waals surface area (Å²) in [6, 6.07) is 2.82. The summed E-state index contributed by atoms with van der Waals surface area (Å²) in [4.78, 5) is 41.3. The Hall–Kier alpha value is -1.90. The molecule has 10 heteroatoms. The Morgan fingerprint density at radius 2 is 1.92 bits per heavy atom. The van der Waals surface area contributed by atoms with Gasteiger partial charge >= 0.3 is 0 Å². The number of amides is 3.